The first-order valence-corrected chi connectivity index (χ1v) is 6.88. The van der Waals surface area contributed by atoms with Gasteiger partial charge in [0.05, 0.1) is 6.04 Å². The first-order chi connectivity index (χ1) is 8.78. The predicted molar refractivity (Wildman–Crippen MR) is 79.7 cm³/mol. The standard InChI is InChI=1S/C16H26N2O/c1-12(13-8-6-5-7-9-13)18-15(19)10-14(17)11-16(2,3)4/h5-9,12,14H,10-11,17H2,1-4H3,(H,18,19). The molecule has 0 aliphatic carbocycles. The topological polar surface area (TPSA) is 55.1 Å². The molecule has 3 N–H and O–H groups in total. The van der Waals surface area contributed by atoms with E-state index in [1.165, 1.54) is 0 Å². The third-order valence-electron chi connectivity index (χ3n) is 3.00. The first-order valence-electron chi connectivity index (χ1n) is 6.88. The summed E-state index contributed by atoms with van der Waals surface area (Å²) >= 11 is 0. The maximum absolute atomic E-state index is 11.9. The summed E-state index contributed by atoms with van der Waals surface area (Å²) in [5.41, 5.74) is 7.28. The molecule has 0 spiro atoms. The summed E-state index contributed by atoms with van der Waals surface area (Å²) in [5.74, 6) is 0.0214. The van der Waals surface area contributed by atoms with Crippen LogP contribution in [0.2, 0.25) is 0 Å². The zero-order valence-electron chi connectivity index (χ0n) is 12.4. The van der Waals surface area contributed by atoms with Crippen LogP contribution < -0.4 is 11.1 Å². The van der Waals surface area contributed by atoms with Crippen LogP contribution in [0.3, 0.4) is 0 Å². The van der Waals surface area contributed by atoms with Gasteiger partial charge >= 0.3 is 0 Å². The van der Waals surface area contributed by atoms with Crippen molar-refractivity contribution in [1.82, 2.24) is 5.32 Å². The third kappa shape index (κ3) is 6.39. The average molecular weight is 262 g/mol. The van der Waals surface area contributed by atoms with Crippen LogP contribution in [0.15, 0.2) is 30.3 Å². The molecule has 106 valence electrons. The molecule has 0 aliphatic rings. The number of nitrogens with two attached hydrogens (primary N) is 1. The van der Waals surface area contributed by atoms with Crippen LogP contribution in [-0.4, -0.2) is 11.9 Å². The fourth-order valence-electron chi connectivity index (χ4n) is 2.22. The van der Waals surface area contributed by atoms with E-state index in [2.05, 4.69) is 26.1 Å². The van der Waals surface area contributed by atoms with Gasteiger partial charge in [-0.3, -0.25) is 4.79 Å². The van der Waals surface area contributed by atoms with Crippen LogP contribution in [0.5, 0.6) is 0 Å². The molecular formula is C16H26N2O. The van der Waals surface area contributed by atoms with Crippen LogP contribution in [-0.2, 0) is 4.79 Å². The Morgan fingerprint density at radius 1 is 1.26 bits per heavy atom. The van der Waals surface area contributed by atoms with Crippen molar-refractivity contribution >= 4 is 5.91 Å². The van der Waals surface area contributed by atoms with Gasteiger partial charge in [-0.15, -0.1) is 0 Å². The molecule has 3 heteroatoms. The molecule has 0 aromatic heterocycles. The lowest BCUT2D eigenvalue weighted by Gasteiger charge is -2.23. The molecule has 0 saturated carbocycles. The predicted octanol–water partition coefficient (Wildman–Crippen LogP) is 3.02. The fraction of sp³-hybridized carbons (Fsp3) is 0.562. The molecule has 0 heterocycles. The molecule has 1 rings (SSSR count). The molecule has 2 unspecified atom stereocenters. The zero-order valence-corrected chi connectivity index (χ0v) is 12.4. The van der Waals surface area contributed by atoms with Crippen molar-refractivity contribution in [2.24, 2.45) is 11.1 Å². The number of hydrogen-bond acceptors (Lipinski definition) is 2. The lowest BCUT2D eigenvalue weighted by Crippen LogP contribution is -2.35. The van der Waals surface area contributed by atoms with E-state index in [0.29, 0.717) is 6.42 Å². The minimum Gasteiger partial charge on any atom is -0.350 e. The molecular weight excluding hydrogens is 236 g/mol. The Kier molecular flexibility index (Phi) is 5.55. The monoisotopic (exact) mass is 262 g/mol. The summed E-state index contributed by atoms with van der Waals surface area (Å²) in [5, 5.41) is 2.99. The van der Waals surface area contributed by atoms with Crippen LogP contribution in [0.4, 0.5) is 0 Å². The highest BCUT2D eigenvalue weighted by Gasteiger charge is 2.19. The third-order valence-corrected chi connectivity index (χ3v) is 3.00. The summed E-state index contributed by atoms with van der Waals surface area (Å²) < 4.78 is 0. The second-order valence-electron chi connectivity index (χ2n) is 6.43. The minimum absolute atomic E-state index is 0.0214. The molecule has 0 bridgehead atoms. The SMILES string of the molecule is CC(NC(=O)CC(N)CC(C)(C)C)c1ccccc1. The zero-order chi connectivity index (χ0) is 14.5. The van der Waals surface area contributed by atoms with Crippen molar-refractivity contribution in [3.05, 3.63) is 35.9 Å². The van der Waals surface area contributed by atoms with E-state index < -0.39 is 0 Å². The van der Waals surface area contributed by atoms with Gasteiger partial charge in [-0.25, -0.2) is 0 Å². The number of benzene rings is 1. The average Bonchev–Trinajstić information content (AvgIpc) is 2.27. The molecule has 1 aromatic rings. The number of carbonyl (C=O) groups excluding carboxylic acids is 1. The van der Waals surface area contributed by atoms with Crippen molar-refractivity contribution in [3.63, 3.8) is 0 Å². The van der Waals surface area contributed by atoms with E-state index in [1.807, 2.05) is 37.3 Å². The van der Waals surface area contributed by atoms with E-state index in [4.69, 9.17) is 5.73 Å². The van der Waals surface area contributed by atoms with Crippen molar-refractivity contribution in [2.75, 3.05) is 0 Å². The Bertz CT molecular complexity index is 395. The van der Waals surface area contributed by atoms with Crippen LogP contribution >= 0.6 is 0 Å². The van der Waals surface area contributed by atoms with E-state index in [0.717, 1.165) is 12.0 Å². The molecule has 3 nitrogen and oxygen atoms in total. The van der Waals surface area contributed by atoms with Gasteiger partial charge in [-0.1, -0.05) is 51.1 Å². The van der Waals surface area contributed by atoms with E-state index in [9.17, 15) is 4.79 Å². The highest BCUT2D eigenvalue weighted by Crippen LogP contribution is 2.21. The van der Waals surface area contributed by atoms with Gasteiger partial charge in [-0.05, 0) is 24.3 Å². The Balaban J connectivity index is 2.43. The van der Waals surface area contributed by atoms with Gasteiger partial charge in [0.15, 0.2) is 0 Å². The first kappa shape index (κ1) is 15.7. The normalized spacial score (nSPS) is 14.8. The van der Waals surface area contributed by atoms with E-state index >= 15 is 0 Å². The lowest BCUT2D eigenvalue weighted by atomic mass is 9.87. The van der Waals surface area contributed by atoms with Gasteiger partial charge < -0.3 is 11.1 Å². The Morgan fingerprint density at radius 3 is 2.37 bits per heavy atom. The summed E-state index contributed by atoms with van der Waals surface area (Å²) in [6.45, 7) is 8.40. The quantitative estimate of drug-likeness (QED) is 0.857. The molecule has 0 fully saturated rings. The Labute approximate surface area is 116 Å². The minimum atomic E-state index is -0.0806. The van der Waals surface area contributed by atoms with Gasteiger partial charge in [0, 0.05) is 12.5 Å². The van der Waals surface area contributed by atoms with Crippen molar-refractivity contribution in [1.29, 1.82) is 0 Å². The summed E-state index contributed by atoms with van der Waals surface area (Å²) in [4.78, 5) is 11.9. The van der Waals surface area contributed by atoms with E-state index in [1.54, 1.807) is 0 Å². The largest absolute Gasteiger partial charge is 0.350 e. The van der Waals surface area contributed by atoms with E-state index in [-0.39, 0.29) is 23.4 Å². The molecule has 19 heavy (non-hydrogen) atoms. The van der Waals surface area contributed by atoms with Gasteiger partial charge in [0.25, 0.3) is 0 Å². The summed E-state index contributed by atoms with van der Waals surface area (Å²) in [7, 11) is 0. The highest BCUT2D eigenvalue weighted by atomic mass is 16.1. The van der Waals surface area contributed by atoms with Crippen molar-refractivity contribution in [3.8, 4) is 0 Å². The van der Waals surface area contributed by atoms with Gasteiger partial charge in [0.1, 0.15) is 0 Å². The second kappa shape index (κ2) is 6.71. The van der Waals surface area contributed by atoms with Crippen molar-refractivity contribution < 1.29 is 4.79 Å². The van der Waals surface area contributed by atoms with Crippen molar-refractivity contribution in [2.45, 2.75) is 52.6 Å². The van der Waals surface area contributed by atoms with Gasteiger partial charge in [-0.2, -0.15) is 0 Å². The number of amides is 1. The number of carbonyl (C=O) groups is 1. The lowest BCUT2D eigenvalue weighted by molar-refractivity contribution is -0.122. The maximum Gasteiger partial charge on any atom is 0.222 e. The summed E-state index contributed by atoms with van der Waals surface area (Å²) in [6, 6.07) is 9.89. The molecule has 0 saturated heterocycles. The molecule has 0 radical (unpaired) electrons. The highest BCUT2D eigenvalue weighted by molar-refractivity contribution is 5.77. The molecule has 1 aromatic carbocycles. The molecule has 0 aliphatic heterocycles. The van der Waals surface area contributed by atoms with Crippen LogP contribution in [0, 0.1) is 5.41 Å². The number of rotatable bonds is 5. The summed E-state index contributed by atoms with van der Waals surface area (Å²) in [6.07, 6.45) is 1.23. The Hall–Kier alpha value is -1.35. The smallest absolute Gasteiger partial charge is 0.222 e. The maximum atomic E-state index is 11.9. The van der Waals surface area contributed by atoms with Gasteiger partial charge in [0.2, 0.25) is 5.91 Å². The number of nitrogens with one attached hydrogen (secondary N) is 1. The second-order valence-corrected chi connectivity index (χ2v) is 6.43. The van der Waals surface area contributed by atoms with Crippen LogP contribution in [0.1, 0.15) is 52.1 Å². The Morgan fingerprint density at radius 2 is 1.84 bits per heavy atom. The van der Waals surface area contributed by atoms with Crippen LogP contribution in [0.25, 0.3) is 0 Å². The molecule has 2 atom stereocenters. The number of hydrogen-bond donors (Lipinski definition) is 2. The fourth-order valence-corrected chi connectivity index (χ4v) is 2.22. The molecule has 1 amide bonds.